The molecule has 0 aliphatic carbocycles. The van der Waals surface area contributed by atoms with Crippen LogP contribution in [0.25, 0.3) is 5.76 Å². The van der Waals surface area contributed by atoms with E-state index in [-0.39, 0.29) is 17.9 Å². The zero-order valence-electron chi connectivity index (χ0n) is 16.1. The molecule has 0 aliphatic rings. The monoisotopic (exact) mass is 441 g/mol. The van der Waals surface area contributed by atoms with Gasteiger partial charge in [-0.15, -0.1) is 0 Å². The van der Waals surface area contributed by atoms with Crippen molar-refractivity contribution in [1.82, 2.24) is 4.57 Å². The fourth-order valence-corrected chi connectivity index (χ4v) is 3.24. The summed E-state index contributed by atoms with van der Waals surface area (Å²) >= 11 is 6.01. The van der Waals surface area contributed by atoms with E-state index in [1.165, 1.54) is 22.8 Å². The third kappa shape index (κ3) is 5.67. The van der Waals surface area contributed by atoms with Gasteiger partial charge in [-0.05, 0) is 53.4 Å². The number of pyridine rings is 1. The van der Waals surface area contributed by atoms with Crippen molar-refractivity contribution in [2.45, 2.75) is 13.0 Å². The molecule has 0 radical (unpaired) electrons. The minimum absolute atomic E-state index is 0.129. The number of aliphatic hydroxyl groups is 1. The highest BCUT2D eigenvalue weighted by Gasteiger charge is 2.16. The lowest BCUT2D eigenvalue weighted by molar-refractivity contribution is -0.146. The van der Waals surface area contributed by atoms with E-state index in [1.807, 2.05) is 0 Å². The third-order valence-electron chi connectivity index (χ3n) is 4.46. The fourth-order valence-electron chi connectivity index (χ4n) is 3.03. The molecule has 1 aromatic heterocycles. The van der Waals surface area contributed by atoms with Crippen LogP contribution in [0.2, 0.25) is 5.02 Å². The molecule has 0 spiro atoms. The van der Waals surface area contributed by atoms with E-state index in [1.54, 1.807) is 42.6 Å². The van der Waals surface area contributed by atoms with Crippen molar-refractivity contribution >= 4 is 29.1 Å². The Morgan fingerprint density at radius 2 is 1.71 bits per heavy atom. The van der Waals surface area contributed by atoms with Gasteiger partial charge in [0, 0.05) is 17.3 Å². The molecule has 2 N–H and O–H groups in total. The molecule has 8 heteroatoms. The van der Waals surface area contributed by atoms with Crippen molar-refractivity contribution in [1.29, 1.82) is 0 Å². The Bertz CT molecular complexity index is 1230. The average molecular weight is 442 g/mol. The van der Waals surface area contributed by atoms with Gasteiger partial charge in [0.05, 0.1) is 12.1 Å². The number of carboxylic acid groups (broad SMARTS) is 1. The maximum atomic E-state index is 13.2. The number of ketones is 1. The van der Waals surface area contributed by atoms with Gasteiger partial charge in [0.15, 0.2) is 0 Å². The number of hydrogen-bond donors (Lipinski definition) is 2. The Balaban J connectivity index is 2.07. The second-order valence-electron chi connectivity index (χ2n) is 6.83. The Labute approximate surface area is 181 Å². The summed E-state index contributed by atoms with van der Waals surface area (Å²) in [6.45, 7) is 0.129. The lowest BCUT2D eigenvalue weighted by Crippen LogP contribution is -2.25. The molecule has 0 fully saturated rings. The number of carboxylic acids is 1. The normalized spacial score (nSPS) is 11.4. The van der Waals surface area contributed by atoms with Crippen molar-refractivity contribution < 1.29 is 24.2 Å². The molecule has 3 rings (SSSR count). The molecule has 0 amide bonds. The first-order valence-electron chi connectivity index (χ1n) is 9.13. The Hall–Kier alpha value is -3.71. The number of hydrogen-bond acceptors (Lipinski definition) is 4. The second-order valence-corrected chi connectivity index (χ2v) is 7.26. The predicted molar refractivity (Wildman–Crippen MR) is 114 cm³/mol. The highest BCUT2D eigenvalue weighted by molar-refractivity contribution is 6.38. The molecular weight excluding hydrogens is 425 g/mol. The predicted octanol–water partition coefficient (Wildman–Crippen LogP) is 3.83. The zero-order valence-corrected chi connectivity index (χ0v) is 16.8. The average Bonchev–Trinajstić information content (AvgIpc) is 2.71. The quantitative estimate of drug-likeness (QED) is 0.330. The van der Waals surface area contributed by atoms with Crippen LogP contribution < -0.4 is 5.56 Å². The standard InChI is InChI=1S/C23H17ClFNO5/c24-17-3-1-2-15(9-17)12-26-13-16(8-14-4-6-18(25)7-5-14)10-19(22(26)29)20(27)11-21(28)23(30)31/h1-7,9-11,13,27H,8,12H2,(H,30,31). The van der Waals surface area contributed by atoms with Gasteiger partial charge in [-0.2, -0.15) is 0 Å². The van der Waals surface area contributed by atoms with Gasteiger partial charge in [0.1, 0.15) is 11.6 Å². The van der Waals surface area contributed by atoms with Gasteiger partial charge in [-0.3, -0.25) is 9.59 Å². The molecule has 1 heterocycles. The van der Waals surface area contributed by atoms with Gasteiger partial charge in [0.2, 0.25) is 0 Å². The number of benzene rings is 2. The maximum absolute atomic E-state index is 13.2. The van der Waals surface area contributed by atoms with E-state index >= 15 is 0 Å². The molecule has 0 aliphatic heterocycles. The number of aliphatic carboxylic acids is 1. The number of carbonyl (C=O) groups is 2. The summed E-state index contributed by atoms with van der Waals surface area (Å²) < 4.78 is 14.5. The summed E-state index contributed by atoms with van der Waals surface area (Å²) in [4.78, 5) is 35.2. The molecule has 31 heavy (non-hydrogen) atoms. The SMILES string of the molecule is O=C(O)C(=O)C=C(O)c1cc(Cc2ccc(F)cc2)cn(Cc2cccc(Cl)c2)c1=O. The number of nitrogens with zero attached hydrogens (tertiary/aromatic N) is 1. The summed E-state index contributed by atoms with van der Waals surface area (Å²) in [6, 6.07) is 14.0. The molecule has 0 atom stereocenters. The van der Waals surface area contributed by atoms with Gasteiger partial charge in [0.25, 0.3) is 11.3 Å². The van der Waals surface area contributed by atoms with Crippen LogP contribution in [0.3, 0.4) is 0 Å². The van der Waals surface area contributed by atoms with Gasteiger partial charge >= 0.3 is 5.97 Å². The van der Waals surface area contributed by atoms with Crippen molar-refractivity contribution in [3.63, 3.8) is 0 Å². The molecule has 0 bridgehead atoms. The van der Waals surface area contributed by atoms with E-state index in [0.717, 1.165) is 11.1 Å². The molecular formula is C23H17ClFNO5. The van der Waals surface area contributed by atoms with Crippen molar-refractivity contribution in [3.8, 4) is 0 Å². The van der Waals surface area contributed by atoms with E-state index in [4.69, 9.17) is 16.7 Å². The Morgan fingerprint density at radius 1 is 1.00 bits per heavy atom. The van der Waals surface area contributed by atoms with E-state index in [2.05, 4.69) is 0 Å². The van der Waals surface area contributed by atoms with Crippen LogP contribution in [-0.2, 0) is 22.6 Å². The van der Waals surface area contributed by atoms with E-state index in [9.17, 15) is 23.9 Å². The minimum Gasteiger partial charge on any atom is -0.507 e. The fraction of sp³-hybridized carbons (Fsp3) is 0.0870. The Morgan fingerprint density at radius 3 is 2.35 bits per heavy atom. The summed E-state index contributed by atoms with van der Waals surface area (Å²) in [5.74, 6) is -4.25. The number of rotatable bonds is 7. The second kappa shape index (κ2) is 9.40. The van der Waals surface area contributed by atoms with E-state index in [0.29, 0.717) is 23.1 Å². The third-order valence-corrected chi connectivity index (χ3v) is 4.70. The van der Waals surface area contributed by atoms with Crippen LogP contribution >= 0.6 is 11.6 Å². The first-order valence-corrected chi connectivity index (χ1v) is 9.51. The zero-order chi connectivity index (χ0) is 22.5. The summed E-state index contributed by atoms with van der Waals surface area (Å²) in [6.07, 6.45) is 2.39. The maximum Gasteiger partial charge on any atom is 0.376 e. The summed E-state index contributed by atoms with van der Waals surface area (Å²) in [5.41, 5.74) is 1.23. The molecule has 3 aromatic rings. The van der Waals surface area contributed by atoms with E-state index < -0.39 is 23.1 Å². The lowest BCUT2D eigenvalue weighted by Gasteiger charge is -2.12. The highest BCUT2D eigenvalue weighted by Crippen LogP contribution is 2.16. The highest BCUT2D eigenvalue weighted by atomic mass is 35.5. The number of halogens is 2. The van der Waals surface area contributed by atoms with Gasteiger partial charge in [-0.25, -0.2) is 9.18 Å². The van der Waals surface area contributed by atoms with Crippen LogP contribution in [0, 0.1) is 5.82 Å². The summed E-state index contributed by atoms with van der Waals surface area (Å²) in [7, 11) is 0. The minimum atomic E-state index is -1.76. The van der Waals surface area contributed by atoms with Crippen LogP contribution in [0.5, 0.6) is 0 Å². The molecule has 158 valence electrons. The molecule has 6 nitrogen and oxygen atoms in total. The molecule has 0 unspecified atom stereocenters. The van der Waals surface area contributed by atoms with Crippen LogP contribution in [0.4, 0.5) is 4.39 Å². The van der Waals surface area contributed by atoms with Crippen molar-refractivity contribution in [2.24, 2.45) is 0 Å². The number of carbonyl (C=O) groups excluding carboxylic acids is 1. The summed E-state index contributed by atoms with van der Waals surface area (Å²) in [5, 5.41) is 19.5. The van der Waals surface area contributed by atoms with Gasteiger partial charge < -0.3 is 14.8 Å². The van der Waals surface area contributed by atoms with Gasteiger partial charge in [-0.1, -0.05) is 35.9 Å². The van der Waals surface area contributed by atoms with Crippen molar-refractivity contribution in [3.05, 3.63) is 110 Å². The number of aromatic nitrogens is 1. The van der Waals surface area contributed by atoms with Crippen LogP contribution in [-0.4, -0.2) is 26.5 Å². The van der Waals surface area contributed by atoms with Crippen molar-refractivity contribution in [2.75, 3.05) is 0 Å². The first kappa shape index (κ1) is 22.0. The topological polar surface area (TPSA) is 96.6 Å². The Kier molecular flexibility index (Phi) is 6.67. The number of aliphatic hydroxyl groups excluding tert-OH is 1. The first-order chi connectivity index (χ1) is 14.7. The van der Waals surface area contributed by atoms with Crippen LogP contribution in [0.15, 0.2) is 71.7 Å². The van der Waals surface area contributed by atoms with Crippen LogP contribution in [0.1, 0.15) is 22.3 Å². The largest absolute Gasteiger partial charge is 0.507 e. The smallest absolute Gasteiger partial charge is 0.376 e. The molecule has 2 aromatic carbocycles. The lowest BCUT2D eigenvalue weighted by atomic mass is 10.0. The molecule has 0 saturated heterocycles. The molecule has 0 saturated carbocycles.